The lowest BCUT2D eigenvalue weighted by atomic mass is 9.77. The molecule has 0 radical (unpaired) electrons. The van der Waals surface area contributed by atoms with E-state index in [1.165, 1.54) is 0 Å². The zero-order valence-corrected chi connectivity index (χ0v) is 20.1. The number of fused-ring (bicyclic) bond motifs is 4. The molecule has 2 aromatic carbocycles. The summed E-state index contributed by atoms with van der Waals surface area (Å²) in [6.45, 7) is 5.34. The van der Waals surface area contributed by atoms with Gasteiger partial charge in [-0.1, -0.05) is 34.1 Å². The number of hydrogen-bond acceptors (Lipinski definition) is 6. The first-order valence-corrected chi connectivity index (χ1v) is 12.1. The molecule has 4 atom stereocenters. The Hall–Kier alpha value is -2.65. The Morgan fingerprint density at radius 2 is 1.91 bits per heavy atom. The summed E-state index contributed by atoms with van der Waals surface area (Å²) in [6, 6.07) is 9.75. The molecule has 3 aliphatic rings. The molecule has 0 unspecified atom stereocenters. The van der Waals surface area contributed by atoms with E-state index < -0.39 is 17.5 Å². The second-order valence-electron chi connectivity index (χ2n) is 8.61. The molecule has 33 heavy (non-hydrogen) atoms. The van der Waals surface area contributed by atoms with Crippen LogP contribution in [0.25, 0.3) is 0 Å². The summed E-state index contributed by atoms with van der Waals surface area (Å²) in [5, 5.41) is 15.7. The molecule has 0 aromatic heterocycles. The second-order valence-corrected chi connectivity index (χ2v) is 9.47. The van der Waals surface area contributed by atoms with Crippen LogP contribution < -0.4 is 14.8 Å². The van der Waals surface area contributed by atoms with Gasteiger partial charge in [0.15, 0.2) is 17.0 Å². The van der Waals surface area contributed by atoms with Crippen molar-refractivity contribution in [1.29, 1.82) is 0 Å². The molecule has 0 saturated carbocycles. The van der Waals surface area contributed by atoms with Gasteiger partial charge in [0.05, 0.1) is 19.1 Å². The average molecular weight is 516 g/mol. The van der Waals surface area contributed by atoms with Gasteiger partial charge in [0.1, 0.15) is 0 Å². The number of rotatable bonds is 6. The number of carbonyl (C=O) groups is 1. The first-order valence-electron chi connectivity index (χ1n) is 11.3. The summed E-state index contributed by atoms with van der Waals surface area (Å²) in [6.07, 6.45) is 1.67. The molecule has 5 rings (SSSR count). The molecule has 2 saturated heterocycles. The summed E-state index contributed by atoms with van der Waals surface area (Å²) < 4.78 is 12.3. The Balaban J connectivity index is 1.72. The van der Waals surface area contributed by atoms with Gasteiger partial charge in [0.25, 0.3) is 11.9 Å². The topological polar surface area (TPSA) is 93.9 Å². The number of nitro groups is 1. The zero-order valence-electron chi connectivity index (χ0n) is 18.5. The molecule has 2 aromatic rings. The van der Waals surface area contributed by atoms with Crippen LogP contribution in [0.2, 0.25) is 0 Å². The maximum atomic E-state index is 13.6. The lowest BCUT2D eigenvalue weighted by molar-refractivity contribution is -0.534. The van der Waals surface area contributed by atoms with Gasteiger partial charge in [-0.3, -0.25) is 19.8 Å². The number of hydrogen-bond donors (Lipinski definition) is 1. The van der Waals surface area contributed by atoms with Crippen LogP contribution in [0, 0.1) is 10.1 Å². The van der Waals surface area contributed by atoms with Crippen molar-refractivity contribution in [3.05, 3.63) is 62.1 Å². The number of carbonyl (C=O) groups excluding carboxylic acids is 1. The van der Waals surface area contributed by atoms with Crippen molar-refractivity contribution in [2.45, 2.75) is 50.2 Å². The lowest BCUT2D eigenvalue weighted by Crippen LogP contribution is -2.55. The summed E-state index contributed by atoms with van der Waals surface area (Å²) in [5.41, 5.74) is 0.782. The van der Waals surface area contributed by atoms with Gasteiger partial charge in [-0.25, -0.2) is 0 Å². The molecular weight excluding hydrogens is 490 g/mol. The van der Waals surface area contributed by atoms with Gasteiger partial charge < -0.3 is 14.8 Å². The number of nitrogens with one attached hydrogen (secondary N) is 1. The molecule has 2 fully saturated rings. The van der Waals surface area contributed by atoms with Crippen molar-refractivity contribution in [1.82, 2.24) is 4.90 Å². The molecule has 3 heterocycles. The Morgan fingerprint density at radius 3 is 2.61 bits per heavy atom. The van der Waals surface area contributed by atoms with Crippen molar-refractivity contribution in [2.24, 2.45) is 0 Å². The largest absolute Gasteiger partial charge is 0.490 e. The molecule has 1 amide bonds. The molecule has 9 heteroatoms. The highest BCUT2D eigenvalue weighted by Gasteiger charge is 2.73. The third-order valence-electron chi connectivity index (χ3n) is 7.12. The smallest absolute Gasteiger partial charge is 0.256 e. The molecular formula is C24H26BrN3O5. The Morgan fingerprint density at radius 1 is 1.21 bits per heavy atom. The molecule has 0 aliphatic carbocycles. The second kappa shape index (κ2) is 8.29. The first kappa shape index (κ1) is 22.2. The minimum Gasteiger partial charge on any atom is -0.490 e. The number of ether oxygens (including phenoxy) is 2. The van der Waals surface area contributed by atoms with Gasteiger partial charge in [-0.05, 0) is 50.5 Å². The Kier molecular flexibility index (Phi) is 5.56. The highest BCUT2D eigenvalue weighted by molar-refractivity contribution is 9.10. The monoisotopic (exact) mass is 515 g/mol. The van der Waals surface area contributed by atoms with E-state index in [0.717, 1.165) is 22.9 Å². The van der Waals surface area contributed by atoms with Crippen LogP contribution in [0.15, 0.2) is 40.9 Å². The van der Waals surface area contributed by atoms with Crippen molar-refractivity contribution < 1.29 is 19.2 Å². The number of benzene rings is 2. The number of halogens is 1. The van der Waals surface area contributed by atoms with Crippen LogP contribution >= 0.6 is 15.9 Å². The van der Waals surface area contributed by atoms with E-state index in [0.29, 0.717) is 42.5 Å². The summed E-state index contributed by atoms with van der Waals surface area (Å²) in [5.74, 6) is 0.338. The van der Waals surface area contributed by atoms with Gasteiger partial charge in [-0.15, -0.1) is 0 Å². The molecule has 1 spiro atoms. The summed E-state index contributed by atoms with van der Waals surface area (Å²) in [4.78, 5) is 28.1. The van der Waals surface area contributed by atoms with E-state index in [9.17, 15) is 14.9 Å². The normalized spacial score (nSPS) is 28.0. The van der Waals surface area contributed by atoms with Crippen LogP contribution in [-0.2, 0) is 10.3 Å². The first-order chi connectivity index (χ1) is 15.9. The lowest BCUT2D eigenvalue weighted by Gasteiger charge is -2.32. The maximum absolute atomic E-state index is 13.6. The minimum absolute atomic E-state index is 0.138. The quantitative estimate of drug-likeness (QED) is 0.455. The fourth-order valence-corrected chi connectivity index (χ4v) is 6.68. The van der Waals surface area contributed by atoms with Gasteiger partial charge in [0, 0.05) is 33.2 Å². The summed E-state index contributed by atoms with van der Waals surface area (Å²) in [7, 11) is 0. The average Bonchev–Trinajstić information content (AvgIpc) is 3.44. The number of nitrogens with zero attached hydrogens (tertiary/aromatic N) is 2. The van der Waals surface area contributed by atoms with Crippen LogP contribution in [0.4, 0.5) is 5.69 Å². The molecule has 0 bridgehead atoms. The van der Waals surface area contributed by atoms with Crippen molar-refractivity contribution in [2.75, 3.05) is 25.1 Å². The fourth-order valence-electron chi connectivity index (χ4n) is 6.09. The highest BCUT2D eigenvalue weighted by Crippen LogP contribution is 2.59. The van der Waals surface area contributed by atoms with Crippen molar-refractivity contribution in [3.8, 4) is 11.5 Å². The molecule has 3 aliphatic heterocycles. The molecule has 8 nitrogen and oxygen atoms in total. The van der Waals surface area contributed by atoms with E-state index in [2.05, 4.69) is 26.1 Å². The van der Waals surface area contributed by atoms with E-state index in [4.69, 9.17) is 9.47 Å². The molecule has 1 N–H and O–H groups in total. The Bertz CT molecular complexity index is 1130. The maximum Gasteiger partial charge on any atom is 0.256 e. The van der Waals surface area contributed by atoms with Crippen LogP contribution in [0.1, 0.15) is 43.7 Å². The van der Waals surface area contributed by atoms with Crippen LogP contribution in [-0.4, -0.2) is 47.6 Å². The zero-order chi connectivity index (χ0) is 23.3. The SMILES string of the molecule is CCOc1cc(Br)c([C@@H]2[C@@H]3CCCN3[C@@]3(C(=O)Nc4ccccc43)[C@@H]2[N+](=O)[O-])cc1OCC. The predicted octanol–water partition coefficient (Wildman–Crippen LogP) is 4.30. The molecule has 174 valence electrons. The number of anilines is 1. The highest BCUT2D eigenvalue weighted by atomic mass is 79.9. The third-order valence-corrected chi connectivity index (χ3v) is 7.80. The minimum atomic E-state index is -1.34. The van der Waals surface area contributed by atoms with E-state index in [-0.39, 0.29) is 16.9 Å². The van der Waals surface area contributed by atoms with Crippen LogP contribution in [0.3, 0.4) is 0 Å². The van der Waals surface area contributed by atoms with E-state index in [1.807, 2.05) is 50.2 Å². The predicted molar refractivity (Wildman–Crippen MR) is 126 cm³/mol. The number of amides is 1. The van der Waals surface area contributed by atoms with Crippen molar-refractivity contribution >= 4 is 27.5 Å². The van der Waals surface area contributed by atoms with Crippen LogP contribution in [0.5, 0.6) is 11.5 Å². The summed E-state index contributed by atoms with van der Waals surface area (Å²) >= 11 is 3.65. The number of para-hydroxylation sites is 1. The van der Waals surface area contributed by atoms with Gasteiger partial charge in [0.2, 0.25) is 0 Å². The standard InChI is InChI=1S/C24H26BrN3O5/c1-3-32-19-12-14(16(25)13-20(19)33-4-2)21-18-10-7-11-27(18)24(22(21)28(30)31)15-8-5-6-9-17(15)26-23(24)29/h5-6,8-9,12-13,18,21-22H,3-4,7,10-11H2,1-2H3,(H,26,29)/t18-,21+,22+,24+/m0/s1. The van der Waals surface area contributed by atoms with Gasteiger partial charge >= 0.3 is 0 Å². The third kappa shape index (κ3) is 3.09. The fraction of sp³-hybridized carbons (Fsp3) is 0.458. The van der Waals surface area contributed by atoms with E-state index >= 15 is 0 Å². The Labute approximate surface area is 200 Å². The van der Waals surface area contributed by atoms with E-state index in [1.54, 1.807) is 0 Å². The van der Waals surface area contributed by atoms with Crippen molar-refractivity contribution in [3.63, 3.8) is 0 Å². The van der Waals surface area contributed by atoms with Gasteiger partial charge in [-0.2, -0.15) is 0 Å².